The summed E-state index contributed by atoms with van der Waals surface area (Å²) in [5.41, 5.74) is 23.5. The highest BCUT2D eigenvalue weighted by atomic mass is 127. The SMILES string of the molecule is C/C=C\C(=C/CI)N(c1ccccc1)c1cc2c3c(c1)N(c1ccc(C(C)(C)C)cc1)c1c(sc4c1C=C(C(C)(C)C)CC4)B3c1cc3c(cc1N2c1ccccc1-c1ccccc1)C(C)(C)CCC3(C)C. The Hall–Kier alpha value is -5.57. The molecule has 3 heterocycles. The molecule has 2 aliphatic carbocycles. The first-order valence-electron chi connectivity index (χ1n) is 26.2. The molecule has 3 nitrogen and oxygen atoms in total. The number of hydrogen-bond acceptors (Lipinski definition) is 4. The number of thiophene rings is 1. The van der Waals surface area contributed by atoms with Crippen molar-refractivity contribution in [3.63, 3.8) is 0 Å². The van der Waals surface area contributed by atoms with E-state index in [1.165, 1.54) is 93.7 Å². The van der Waals surface area contributed by atoms with Crippen molar-refractivity contribution in [2.75, 3.05) is 19.1 Å². The molecule has 7 aromatic rings. The number of rotatable bonds is 8. The molecule has 0 amide bonds. The zero-order valence-electron chi connectivity index (χ0n) is 44.3. The summed E-state index contributed by atoms with van der Waals surface area (Å²) in [4.78, 5) is 9.38. The number of anilines is 8. The number of benzene rings is 6. The maximum absolute atomic E-state index is 2.70. The molecular weight excluding hydrogens is 1000 g/mol. The molecule has 0 unspecified atom stereocenters. The molecule has 6 aromatic carbocycles. The molecule has 0 atom stereocenters. The van der Waals surface area contributed by atoms with Gasteiger partial charge in [0.1, 0.15) is 0 Å². The Kier molecular flexibility index (Phi) is 12.3. The first-order chi connectivity index (χ1) is 34.4. The third kappa shape index (κ3) is 8.24. The number of fused-ring (bicyclic) bond motifs is 7. The van der Waals surface area contributed by atoms with E-state index >= 15 is 0 Å². The van der Waals surface area contributed by atoms with Gasteiger partial charge in [0.25, 0.3) is 6.71 Å². The van der Waals surface area contributed by atoms with Crippen molar-refractivity contribution in [2.24, 2.45) is 5.41 Å². The van der Waals surface area contributed by atoms with Crippen LogP contribution in [-0.4, -0.2) is 11.1 Å². The van der Waals surface area contributed by atoms with E-state index in [-0.39, 0.29) is 28.4 Å². The molecule has 6 heteroatoms. The van der Waals surface area contributed by atoms with Crippen molar-refractivity contribution in [1.82, 2.24) is 0 Å². The van der Waals surface area contributed by atoms with Gasteiger partial charge < -0.3 is 14.7 Å². The Morgan fingerprint density at radius 2 is 1.31 bits per heavy atom. The van der Waals surface area contributed by atoms with Crippen LogP contribution in [0.2, 0.25) is 0 Å². The first kappa shape index (κ1) is 48.7. The van der Waals surface area contributed by atoms with Gasteiger partial charge in [-0.15, -0.1) is 0 Å². The zero-order valence-corrected chi connectivity index (χ0v) is 47.2. The molecule has 0 bridgehead atoms. The molecule has 0 spiro atoms. The molecule has 0 radical (unpaired) electrons. The van der Waals surface area contributed by atoms with Crippen molar-refractivity contribution in [3.05, 3.63) is 190 Å². The average molecular weight is 1070 g/mol. The Morgan fingerprint density at radius 3 is 1.94 bits per heavy atom. The Morgan fingerprint density at radius 1 is 0.681 bits per heavy atom. The highest BCUT2D eigenvalue weighted by Crippen LogP contribution is 2.55. The van der Waals surface area contributed by atoms with Gasteiger partial charge in [0, 0.05) is 59.3 Å². The lowest BCUT2D eigenvalue weighted by Crippen LogP contribution is -2.61. The number of hydrogen-bond donors (Lipinski definition) is 0. The minimum absolute atomic E-state index is 0.0113. The van der Waals surface area contributed by atoms with E-state index in [0.29, 0.717) is 0 Å². The molecular formula is C66H69BIN3S. The molecule has 0 saturated carbocycles. The predicted molar refractivity (Wildman–Crippen MR) is 324 cm³/mol. The summed E-state index contributed by atoms with van der Waals surface area (Å²) in [6.45, 7) is 26.3. The van der Waals surface area contributed by atoms with Gasteiger partial charge in [-0.05, 0) is 142 Å². The Labute approximate surface area is 448 Å². The fourth-order valence-electron chi connectivity index (χ4n) is 12.1. The van der Waals surface area contributed by atoms with Gasteiger partial charge in [0.15, 0.2) is 0 Å². The largest absolute Gasteiger partial charge is 0.311 e. The Bertz CT molecular complexity index is 3320. The topological polar surface area (TPSA) is 9.72 Å². The molecule has 72 heavy (non-hydrogen) atoms. The van der Waals surface area contributed by atoms with E-state index in [0.717, 1.165) is 47.2 Å². The normalized spacial score (nSPS) is 16.7. The van der Waals surface area contributed by atoms with Crippen molar-refractivity contribution < 1.29 is 0 Å². The van der Waals surface area contributed by atoms with Gasteiger partial charge in [-0.3, -0.25) is 0 Å². The van der Waals surface area contributed by atoms with Crippen LogP contribution in [0, 0.1) is 5.41 Å². The van der Waals surface area contributed by atoms with Crippen molar-refractivity contribution in [2.45, 2.75) is 118 Å². The predicted octanol–water partition coefficient (Wildman–Crippen LogP) is 17.6. The average Bonchev–Trinajstić information content (AvgIpc) is 3.74. The van der Waals surface area contributed by atoms with Crippen molar-refractivity contribution >= 4 is 108 Å². The quantitative estimate of drug-likeness (QED) is 0.0650. The van der Waals surface area contributed by atoms with E-state index in [1.807, 2.05) is 0 Å². The number of allylic oxidation sites excluding steroid dienone is 4. The molecule has 0 N–H and O–H groups in total. The molecule has 1 aromatic heterocycles. The minimum atomic E-state index is 0.0113. The van der Waals surface area contributed by atoms with Crippen LogP contribution >= 0.6 is 33.9 Å². The fraction of sp³-hybridized carbons (Fsp3) is 0.303. The summed E-state index contributed by atoms with van der Waals surface area (Å²) in [6.07, 6.45) is 13.9. The maximum Gasteiger partial charge on any atom is 0.264 e. The van der Waals surface area contributed by atoms with E-state index in [4.69, 9.17) is 0 Å². The second-order valence-electron chi connectivity index (χ2n) is 23.9. The third-order valence-corrected chi connectivity index (χ3v) is 18.0. The first-order valence-corrected chi connectivity index (χ1v) is 28.6. The summed E-state index contributed by atoms with van der Waals surface area (Å²) in [5, 5.41) is 0. The summed E-state index contributed by atoms with van der Waals surface area (Å²) in [5.74, 6) is 0. The minimum Gasteiger partial charge on any atom is -0.311 e. The maximum atomic E-state index is 2.70. The van der Waals surface area contributed by atoms with Crippen molar-refractivity contribution in [3.8, 4) is 11.1 Å². The monoisotopic (exact) mass is 1070 g/mol. The van der Waals surface area contributed by atoms with E-state index in [9.17, 15) is 0 Å². The molecule has 364 valence electrons. The van der Waals surface area contributed by atoms with E-state index < -0.39 is 0 Å². The van der Waals surface area contributed by atoms with Crippen LogP contribution in [-0.2, 0) is 22.7 Å². The van der Waals surface area contributed by atoms with Gasteiger partial charge in [-0.1, -0.05) is 201 Å². The van der Waals surface area contributed by atoms with Crippen LogP contribution in [0.3, 0.4) is 0 Å². The standard InChI is InChI=1S/C66H69BIN3S/c1-12-21-46(34-37-68)69(47-24-17-14-18-25-47)49-39-57-60-58(40-49)71(55-27-20-19-26-50(55)43-22-15-13-16-23-43)56-42-53-52(65(8,9)35-36-66(53,10)11)41-54(56)67(60)62-61(51-38-45(64(5,6)7)30-33-59(51)72-62)70(57)48-31-28-44(29-32-48)63(2,3)4/h12-29,31-32,34,38-42H,30,33,35-37H2,1-11H3/b21-12-,46-34+. The van der Waals surface area contributed by atoms with Gasteiger partial charge in [-0.25, -0.2) is 0 Å². The summed E-state index contributed by atoms with van der Waals surface area (Å²) in [6, 6.07) is 51.2. The number of halogens is 1. The fourth-order valence-corrected chi connectivity index (χ4v) is 14.0. The zero-order chi connectivity index (χ0) is 50.5. The molecule has 0 saturated heterocycles. The molecule has 11 rings (SSSR count). The van der Waals surface area contributed by atoms with Gasteiger partial charge in [0.05, 0.1) is 17.1 Å². The highest BCUT2D eigenvalue weighted by Gasteiger charge is 2.49. The summed E-state index contributed by atoms with van der Waals surface area (Å²) < 4.78 is 2.33. The number of nitrogens with zero attached hydrogens (tertiary/aromatic N) is 3. The second-order valence-corrected chi connectivity index (χ2v) is 25.9. The number of alkyl halides is 1. The van der Waals surface area contributed by atoms with Crippen LogP contribution in [0.4, 0.5) is 45.5 Å². The lowest BCUT2D eigenvalue weighted by Gasteiger charge is -2.47. The lowest BCUT2D eigenvalue weighted by molar-refractivity contribution is 0.332. The smallest absolute Gasteiger partial charge is 0.264 e. The van der Waals surface area contributed by atoms with Gasteiger partial charge in [-0.2, -0.15) is 11.3 Å². The van der Waals surface area contributed by atoms with Gasteiger partial charge >= 0.3 is 0 Å². The highest BCUT2D eigenvalue weighted by molar-refractivity contribution is 14.1. The molecule has 0 fully saturated rings. The van der Waals surface area contributed by atoms with Crippen LogP contribution in [0.15, 0.2) is 163 Å². The van der Waals surface area contributed by atoms with Crippen LogP contribution < -0.4 is 30.4 Å². The van der Waals surface area contributed by atoms with Crippen LogP contribution in [0.5, 0.6) is 0 Å². The summed E-state index contributed by atoms with van der Waals surface area (Å²) in [7, 11) is 0. The Balaban J connectivity index is 1.33. The summed E-state index contributed by atoms with van der Waals surface area (Å²) >= 11 is 4.59. The third-order valence-electron chi connectivity index (χ3n) is 16.2. The number of para-hydroxylation sites is 2. The van der Waals surface area contributed by atoms with Crippen LogP contribution in [0.1, 0.15) is 123 Å². The van der Waals surface area contributed by atoms with Gasteiger partial charge in [0.2, 0.25) is 0 Å². The van der Waals surface area contributed by atoms with Crippen LogP contribution in [0.25, 0.3) is 17.2 Å². The molecule has 4 aliphatic rings. The molecule has 2 aliphatic heterocycles. The number of aryl methyl sites for hydroxylation is 1. The van der Waals surface area contributed by atoms with E-state index in [1.54, 1.807) is 0 Å². The van der Waals surface area contributed by atoms with Crippen molar-refractivity contribution in [1.29, 1.82) is 0 Å². The second kappa shape index (κ2) is 18.1. The lowest BCUT2D eigenvalue weighted by atomic mass is 9.35. The van der Waals surface area contributed by atoms with E-state index in [2.05, 4.69) is 283 Å².